The van der Waals surface area contributed by atoms with Crippen LogP contribution in [0, 0.1) is 0 Å². The Morgan fingerprint density at radius 3 is 2.16 bits per heavy atom. The minimum atomic E-state index is -0.146. The number of benzene rings is 7. The number of hydrogen-bond acceptors (Lipinski definition) is 2. The van der Waals surface area contributed by atoms with Gasteiger partial charge in [0.25, 0.3) is 0 Å². The molecule has 7 aromatic carbocycles. The van der Waals surface area contributed by atoms with Crippen molar-refractivity contribution in [1.82, 2.24) is 0 Å². The largest absolute Gasteiger partial charge is 0.460 e. The quantitative estimate of drug-likeness (QED) is 0.138. The molecule has 0 fully saturated rings. The monoisotopic (exact) mass is 630 g/mol. The smallest absolute Gasteiger partial charge is 0.135 e. The summed E-state index contributed by atoms with van der Waals surface area (Å²) in [5, 5.41) is 5.99. The van der Waals surface area contributed by atoms with Crippen molar-refractivity contribution in [3.8, 4) is 22.3 Å². The highest BCUT2D eigenvalue weighted by Gasteiger charge is 2.34. The van der Waals surface area contributed by atoms with Crippen LogP contribution in [0.5, 0.6) is 0 Å². The molecule has 0 saturated carbocycles. The van der Waals surface area contributed by atoms with E-state index in [-0.39, 0.29) is 5.92 Å². The van der Waals surface area contributed by atoms with Crippen LogP contribution in [0.1, 0.15) is 35.3 Å². The van der Waals surface area contributed by atoms with Gasteiger partial charge in [0.05, 0.1) is 12.5 Å². The molecular weight excluding hydrogens is 597 g/mol. The van der Waals surface area contributed by atoms with Crippen LogP contribution in [-0.4, -0.2) is 11.5 Å². The number of hydrogen-bond donors (Lipinski definition) is 0. The summed E-state index contributed by atoms with van der Waals surface area (Å²) in [6, 6.07) is 55.8. The van der Waals surface area contributed by atoms with Crippen LogP contribution >= 0.6 is 0 Å². The van der Waals surface area contributed by atoms with Crippen molar-refractivity contribution >= 4 is 44.1 Å². The van der Waals surface area contributed by atoms with E-state index in [0.29, 0.717) is 6.54 Å². The predicted octanol–water partition coefficient (Wildman–Crippen LogP) is 11.8. The number of furan rings is 1. The molecule has 0 amide bonds. The molecule has 0 aliphatic heterocycles. The van der Waals surface area contributed by atoms with Crippen molar-refractivity contribution in [3.05, 3.63) is 180 Å². The van der Waals surface area contributed by atoms with Gasteiger partial charge in [-0.3, -0.25) is 4.99 Å². The Balaban J connectivity index is 1.23. The SMILES string of the molecule is CC(=NC(=NCc1ccccc1)C1Cc2ccccc2-c2c1oc1ccc(-c3cccc4ccccc34)cc21)c1cccc2ccccc12. The van der Waals surface area contributed by atoms with Gasteiger partial charge in [-0.05, 0) is 74.8 Å². The van der Waals surface area contributed by atoms with Crippen molar-refractivity contribution in [2.75, 3.05) is 0 Å². The molecule has 9 rings (SSSR count). The standard InChI is InChI=1S/C46H34N2O/c1-30(36-23-11-18-32-15-5-8-20-37(32)36)48-46(47-29-31-13-3-2-4-14-31)42-28-34-17-7-10-22-40(34)44-41-27-35(25-26-43(41)49-45(42)44)39-24-12-19-33-16-6-9-21-38(33)39/h2-27,42H,28-29H2,1H3. The van der Waals surface area contributed by atoms with Crippen molar-refractivity contribution in [1.29, 1.82) is 0 Å². The van der Waals surface area contributed by atoms with Crippen molar-refractivity contribution < 1.29 is 4.42 Å². The Morgan fingerprint density at radius 2 is 1.31 bits per heavy atom. The fourth-order valence-electron chi connectivity index (χ4n) is 7.50. The molecule has 0 radical (unpaired) electrons. The maximum absolute atomic E-state index is 6.88. The molecule has 0 bridgehead atoms. The molecule has 0 saturated heterocycles. The van der Waals surface area contributed by atoms with E-state index < -0.39 is 0 Å². The third-order valence-electron chi connectivity index (χ3n) is 9.88. The van der Waals surface area contributed by atoms with Gasteiger partial charge in [-0.1, -0.05) is 146 Å². The van der Waals surface area contributed by atoms with Gasteiger partial charge in [-0.15, -0.1) is 0 Å². The van der Waals surface area contributed by atoms with Crippen molar-refractivity contribution in [2.24, 2.45) is 9.98 Å². The van der Waals surface area contributed by atoms with E-state index in [2.05, 4.69) is 159 Å². The highest BCUT2D eigenvalue weighted by Crippen LogP contribution is 2.47. The lowest BCUT2D eigenvalue weighted by atomic mass is 9.81. The lowest BCUT2D eigenvalue weighted by Gasteiger charge is -2.24. The van der Waals surface area contributed by atoms with E-state index in [4.69, 9.17) is 14.4 Å². The summed E-state index contributed by atoms with van der Waals surface area (Å²) >= 11 is 0. The Hall–Kier alpha value is -6.06. The average Bonchev–Trinajstić information content (AvgIpc) is 3.55. The molecule has 1 heterocycles. The number of rotatable bonds is 5. The van der Waals surface area contributed by atoms with Crippen LogP contribution in [0.2, 0.25) is 0 Å². The van der Waals surface area contributed by atoms with Gasteiger partial charge in [0.15, 0.2) is 0 Å². The van der Waals surface area contributed by atoms with Gasteiger partial charge >= 0.3 is 0 Å². The number of nitrogens with zero attached hydrogens (tertiary/aromatic N) is 2. The predicted molar refractivity (Wildman–Crippen MR) is 205 cm³/mol. The zero-order chi connectivity index (χ0) is 32.7. The fraction of sp³-hybridized carbons (Fsp3) is 0.0870. The van der Waals surface area contributed by atoms with E-state index in [1.807, 2.05) is 6.07 Å². The van der Waals surface area contributed by atoms with Crippen molar-refractivity contribution in [2.45, 2.75) is 25.8 Å². The average molecular weight is 631 g/mol. The molecule has 3 heteroatoms. The molecule has 234 valence electrons. The van der Waals surface area contributed by atoms with Gasteiger partial charge < -0.3 is 4.42 Å². The van der Waals surface area contributed by atoms with Gasteiger partial charge in [-0.2, -0.15) is 0 Å². The summed E-state index contributed by atoms with van der Waals surface area (Å²) in [4.78, 5) is 10.7. The summed E-state index contributed by atoms with van der Waals surface area (Å²) < 4.78 is 6.88. The highest BCUT2D eigenvalue weighted by molar-refractivity contribution is 6.15. The molecule has 3 nitrogen and oxygen atoms in total. The summed E-state index contributed by atoms with van der Waals surface area (Å²) in [6.45, 7) is 2.65. The summed E-state index contributed by atoms with van der Waals surface area (Å²) in [6.07, 6.45) is 0.763. The van der Waals surface area contributed by atoms with Crippen LogP contribution in [-0.2, 0) is 13.0 Å². The van der Waals surface area contributed by atoms with Crippen LogP contribution in [0.3, 0.4) is 0 Å². The molecule has 1 aromatic heterocycles. The topological polar surface area (TPSA) is 37.9 Å². The van der Waals surface area contributed by atoms with E-state index in [1.165, 1.54) is 43.8 Å². The van der Waals surface area contributed by atoms with Crippen LogP contribution in [0.15, 0.2) is 172 Å². The van der Waals surface area contributed by atoms with Gasteiger partial charge in [-0.25, -0.2) is 4.99 Å². The maximum Gasteiger partial charge on any atom is 0.135 e. The van der Waals surface area contributed by atoms with Crippen molar-refractivity contribution in [3.63, 3.8) is 0 Å². The van der Waals surface area contributed by atoms with Gasteiger partial charge in [0, 0.05) is 22.2 Å². The Bertz CT molecular complexity index is 2560. The number of amidine groups is 1. The molecule has 49 heavy (non-hydrogen) atoms. The minimum absolute atomic E-state index is 0.146. The van der Waals surface area contributed by atoms with E-state index in [9.17, 15) is 0 Å². The third-order valence-corrected chi connectivity index (χ3v) is 9.88. The van der Waals surface area contributed by atoms with Crippen LogP contribution < -0.4 is 0 Å². The zero-order valence-electron chi connectivity index (χ0n) is 27.3. The molecule has 0 spiro atoms. The summed E-state index contributed by atoms with van der Waals surface area (Å²) in [5.41, 5.74) is 10.1. The van der Waals surface area contributed by atoms with E-state index in [0.717, 1.165) is 51.4 Å². The lowest BCUT2D eigenvalue weighted by molar-refractivity contribution is 0.529. The second-order valence-corrected chi connectivity index (χ2v) is 12.9. The van der Waals surface area contributed by atoms with E-state index in [1.54, 1.807) is 0 Å². The van der Waals surface area contributed by atoms with Crippen LogP contribution in [0.4, 0.5) is 0 Å². The first kappa shape index (κ1) is 29.1. The van der Waals surface area contributed by atoms with Gasteiger partial charge in [0.2, 0.25) is 0 Å². The molecule has 1 aliphatic carbocycles. The maximum atomic E-state index is 6.88. The first-order valence-corrected chi connectivity index (χ1v) is 17.0. The Morgan fingerprint density at radius 1 is 0.633 bits per heavy atom. The molecule has 1 atom stereocenters. The molecular formula is C46H34N2O. The first-order valence-electron chi connectivity index (χ1n) is 17.0. The Labute approximate surface area is 285 Å². The molecule has 0 N–H and O–H groups in total. The molecule has 1 aliphatic rings. The number of aliphatic imine (C=N–C) groups is 2. The minimum Gasteiger partial charge on any atom is -0.460 e. The highest BCUT2D eigenvalue weighted by atomic mass is 16.3. The number of fused-ring (bicyclic) bond motifs is 7. The molecule has 8 aromatic rings. The summed E-state index contributed by atoms with van der Waals surface area (Å²) in [7, 11) is 0. The molecule has 1 unspecified atom stereocenters. The summed E-state index contributed by atoms with van der Waals surface area (Å²) in [5.74, 6) is 1.58. The zero-order valence-corrected chi connectivity index (χ0v) is 27.3. The fourth-order valence-corrected chi connectivity index (χ4v) is 7.50. The van der Waals surface area contributed by atoms with E-state index >= 15 is 0 Å². The Kier molecular flexibility index (Phi) is 7.24. The second kappa shape index (κ2) is 12.2. The third kappa shape index (κ3) is 5.25. The van der Waals surface area contributed by atoms with Crippen LogP contribution in [0.25, 0.3) is 54.8 Å². The lowest BCUT2D eigenvalue weighted by Crippen LogP contribution is -2.19. The van der Waals surface area contributed by atoms with Gasteiger partial charge in [0.1, 0.15) is 17.2 Å². The first-order chi connectivity index (χ1) is 24.2. The second-order valence-electron chi connectivity index (χ2n) is 12.9. The normalized spacial score (nSPS) is 14.7.